The molecule has 1 rings (SSSR count). The summed E-state index contributed by atoms with van der Waals surface area (Å²) in [6.07, 6.45) is 9.52. The minimum Gasteiger partial charge on any atom is -0.358 e. The summed E-state index contributed by atoms with van der Waals surface area (Å²) in [7, 11) is 0. The van der Waals surface area contributed by atoms with Crippen LogP contribution in [0.25, 0.3) is 0 Å². The fourth-order valence-corrected chi connectivity index (χ4v) is 2.02. The third kappa shape index (κ3) is 10.4. The van der Waals surface area contributed by atoms with Crippen LogP contribution in [-0.4, -0.2) is 0 Å². The molecule has 0 saturated heterocycles. The van der Waals surface area contributed by atoms with Gasteiger partial charge >= 0.3 is 0 Å². The van der Waals surface area contributed by atoms with Crippen molar-refractivity contribution in [3.8, 4) is 0 Å². The van der Waals surface area contributed by atoms with Gasteiger partial charge in [0.1, 0.15) is 0 Å². The molecule has 1 aromatic rings. The first kappa shape index (κ1) is 20.1. The molecule has 0 amide bonds. The normalized spacial score (nSPS) is 9.29. The van der Waals surface area contributed by atoms with E-state index in [2.05, 4.69) is 47.1 Å². The topological polar surface area (TPSA) is 0 Å². The Bertz CT molecular complexity index is 256. The van der Waals surface area contributed by atoms with Crippen LogP contribution in [0, 0.1) is 38.5 Å². The summed E-state index contributed by atoms with van der Waals surface area (Å²) in [5.41, 5.74) is 1.47. The minimum absolute atomic E-state index is 0. The van der Waals surface area contributed by atoms with Crippen molar-refractivity contribution in [2.45, 2.75) is 51.9 Å². The first-order valence-corrected chi connectivity index (χ1v) is 6.86. The Morgan fingerprint density at radius 1 is 0.882 bits per heavy atom. The number of aryl methyl sites for hydroxylation is 1. The molecule has 0 unspecified atom stereocenters. The SMILES string of the molecule is CCCCCCCCc1ccc(Br)cc1.[CH3-].[U]. The maximum atomic E-state index is 3.46. The molecule has 0 heterocycles. The number of rotatable bonds is 7. The van der Waals surface area contributed by atoms with Crippen molar-refractivity contribution < 1.29 is 31.1 Å². The second kappa shape index (κ2) is 13.2. The molecule has 17 heavy (non-hydrogen) atoms. The molecule has 0 nitrogen and oxygen atoms in total. The van der Waals surface area contributed by atoms with E-state index in [-0.39, 0.29) is 38.5 Å². The Hall–Kier alpha value is 0.752. The van der Waals surface area contributed by atoms with Gasteiger partial charge in [0.15, 0.2) is 0 Å². The molecule has 0 atom stereocenters. The molecule has 2 heteroatoms. The zero-order valence-corrected chi connectivity index (χ0v) is 16.9. The van der Waals surface area contributed by atoms with Gasteiger partial charge in [0.2, 0.25) is 0 Å². The van der Waals surface area contributed by atoms with Gasteiger partial charge in [0, 0.05) is 35.6 Å². The maximum absolute atomic E-state index is 3.46. The van der Waals surface area contributed by atoms with Crippen LogP contribution in [0.2, 0.25) is 0 Å². The Labute approximate surface area is 139 Å². The van der Waals surface area contributed by atoms with Gasteiger partial charge in [-0.15, -0.1) is 0 Å². The maximum Gasteiger partial charge on any atom is 0.0175 e. The van der Waals surface area contributed by atoms with Gasteiger partial charge in [0.05, 0.1) is 0 Å². The molecule has 0 N–H and O–H groups in total. The molecule has 0 aliphatic carbocycles. The zero-order chi connectivity index (χ0) is 10.9. The molecular weight excluding hydrogens is 498 g/mol. The second-order valence-corrected chi connectivity index (χ2v) is 5.06. The van der Waals surface area contributed by atoms with Crippen molar-refractivity contribution >= 4 is 15.9 Å². The first-order valence-electron chi connectivity index (χ1n) is 6.07. The number of halogens is 1. The van der Waals surface area contributed by atoms with Crippen molar-refractivity contribution in [1.82, 2.24) is 0 Å². The largest absolute Gasteiger partial charge is 0.358 e. The predicted octanol–water partition coefficient (Wildman–Crippen LogP) is 5.80. The van der Waals surface area contributed by atoms with Gasteiger partial charge in [-0.3, -0.25) is 0 Å². The van der Waals surface area contributed by atoms with Gasteiger partial charge < -0.3 is 7.43 Å². The number of hydrogen-bond acceptors (Lipinski definition) is 0. The van der Waals surface area contributed by atoms with Crippen LogP contribution >= 0.6 is 15.9 Å². The quantitative estimate of drug-likeness (QED) is 0.314. The molecule has 0 fully saturated rings. The van der Waals surface area contributed by atoms with Crippen molar-refractivity contribution in [3.63, 3.8) is 0 Å². The molecule has 0 saturated carbocycles. The van der Waals surface area contributed by atoms with Crippen LogP contribution in [0.3, 0.4) is 0 Å². The third-order valence-electron chi connectivity index (χ3n) is 2.73. The van der Waals surface area contributed by atoms with E-state index in [9.17, 15) is 0 Å². The van der Waals surface area contributed by atoms with E-state index in [1.54, 1.807) is 0 Å². The molecule has 0 radical (unpaired) electrons. The summed E-state index contributed by atoms with van der Waals surface area (Å²) in [6, 6.07) is 8.70. The van der Waals surface area contributed by atoms with Crippen LogP contribution in [0.15, 0.2) is 28.7 Å². The average Bonchev–Trinajstić information content (AvgIpc) is 2.26. The summed E-state index contributed by atoms with van der Waals surface area (Å²) in [6.45, 7) is 2.27. The van der Waals surface area contributed by atoms with Crippen molar-refractivity contribution in [1.29, 1.82) is 0 Å². The van der Waals surface area contributed by atoms with Crippen LogP contribution in [0.1, 0.15) is 51.0 Å². The number of hydrogen-bond donors (Lipinski definition) is 0. The van der Waals surface area contributed by atoms with E-state index in [1.165, 1.54) is 55.0 Å². The van der Waals surface area contributed by atoms with E-state index in [0.29, 0.717) is 0 Å². The predicted molar refractivity (Wildman–Crippen MR) is 77.6 cm³/mol. The summed E-state index contributed by atoms with van der Waals surface area (Å²) in [5.74, 6) is 0. The molecule has 0 bridgehead atoms. The Morgan fingerprint density at radius 3 is 2.00 bits per heavy atom. The van der Waals surface area contributed by atoms with Gasteiger partial charge in [-0.1, -0.05) is 67.1 Å². The van der Waals surface area contributed by atoms with Crippen molar-refractivity contribution in [2.24, 2.45) is 0 Å². The van der Waals surface area contributed by atoms with E-state index < -0.39 is 0 Å². The monoisotopic (exact) mass is 521 g/mol. The molecular formula is C15H24BrU-. The van der Waals surface area contributed by atoms with Crippen LogP contribution in [0.5, 0.6) is 0 Å². The standard InChI is InChI=1S/C14H21Br.CH3.U/c1-2-3-4-5-6-7-8-13-9-11-14(15)12-10-13;;/h9-12H,2-8H2,1H3;1H3;/q;-1;. The first-order chi connectivity index (χ1) is 7.33. The van der Waals surface area contributed by atoms with E-state index >= 15 is 0 Å². The van der Waals surface area contributed by atoms with Gasteiger partial charge in [0.25, 0.3) is 0 Å². The zero-order valence-electron chi connectivity index (χ0n) is 11.1. The Kier molecular flexibility index (Phi) is 15.6. The third-order valence-corrected chi connectivity index (χ3v) is 3.26. The van der Waals surface area contributed by atoms with Crippen LogP contribution < -0.4 is 0 Å². The molecule has 96 valence electrons. The molecule has 0 aromatic heterocycles. The molecule has 1 aromatic carbocycles. The second-order valence-electron chi connectivity index (χ2n) is 4.14. The summed E-state index contributed by atoms with van der Waals surface area (Å²) >= 11 is 3.46. The van der Waals surface area contributed by atoms with Gasteiger partial charge in [-0.25, -0.2) is 0 Å². The van der Waals surface area contributed by atoms with E-state index in [1.807, 2.05) is 0 Å². The van der Waals surface area contributed by atoms with Crippen molar-refractivity contribution in [2.75, 3.05) is 0 Å². The minimum atomic E-state index is 0. The van der Waals surface area contributed by atoms with Crippen molar-refractivity contribution in [3.05, 3.63) is 41.7 Å². The average molecular weight is 522 g/mol. The fourth-order valence-electron chi connectivity index (χ4n) is 1.76. The number of unbranched alkanes of at least 4 members (excludes halogenated alkanes) is 5. The molecule has 0 aliphatic rings. The van der Waals surface area contributed by atoms with E-state index in [0.717, 1.165) is 0 Å². The number of benzene rings is 1. The smallest absolute Gasteiger partial charge is 0.0175 e. The van der Waals surface area contributed by atoms with Crippen LogP contribution in [-0.2, 0) is 6.42 Å². The summed E-state index contributed by atoms with van der Waals surface area (Å²) in [5, 5.41) is 0. The van der Waals surface area contributed by atoms with E-state index in [4.69, 9.17) is 0 Å². The Balaban J connectivity index is 0. The van der Waals surface area contributed by atoms with Gasteiger partial charge in [-0.2, -0.15) is 0 Å². The van der Waals surface area contributed by atoms with Crippen LogP contribution in [0.4, 0.5) is 0 Å². The molecule has 0 aliphatic heterocycles. The summed E-state index contributed by atoms with van der Waals surface area (Å²) < 4.78 is 1.18. The van der Waals surface area contributed by atoms with Gasteiger partial charge in [-0.05, 0) is 30.5 Å². The molecule has 0 spiro atoms. The summed E-state index contributed by atoms with van der Waals surface area (Å²) in [4.78, 5) is 0. The Morgan fingerprint density at radius 2 is 1.41 bits per heavy atom. The fraction of sp³-hybridized carbons (Fsp3) is 0.533.